The highest BCUT2D eigenvalue weighted by molar-refractivity contribution is 7.86. The number of carbonyl (C=O) groups excluding carboxylic acids is 1. The van der Waals surface area contributed by atoms with Crippen LogP contribution in [0.1, 0.15) is 12.0 Å². The minimum Gasteiger partial charge on any atom is -0.312 e. The fraction of sp³-hybridized carbons (Fsp3) is 0.417. The molecule has 0 aromatic heterocycles. The maximum Gasteiger partial charge on any atom is 0.302 e. The molecule has 1 unspecified atom stereocenters. The van der Waals surface area contributed by atoms with Crippen molar-refractivity contribution >= 4 is 33.4 Å². The van der Waals surface area contributed by atoms with E-state index in [9.17, 15) is 17.1 Å². The van der Waals surface area contributed by atoms with Crippen molar-refractivity contribution in [2.45, 2.75) is 13.3 Å². The zero-order valence-corrected chi connectivity index (χ0v) is 11.8. The van der Waals surface area contributed by atoms with Crippen LogP contribution in [0.2, 0.25) is 5.02 Å². The number of halogens is 2. The van der Waals surface area contributed by atoms with E-state index in [1.807, 2.05) is 6.92 Å². The second-order valence-electron chi connectivity index (χ2n) is 4.71. The van der Waals surface area contributed by atoms with E-state index >= 15 is 0 Å². The van der Waals surface area contributed by atoms with E-state index in [-0.39, 0.29) is 18.9 Å². The van der Waals surface area contributed by atoms with Crippen LogP contribution in [0.15, 0.2) is 18.2 Å². The van der Waals surface area contributed by atoms with E-state index in [1.165, 1.54) is 4.90 Å². The van der Waals surface area contributed by atoms with Crippen molar-refractivity contribution in [3.8, 4) is 0 Å². The highest BCUT2D eigenvalue weighted by Crippen LogP contribution is 2.30. The van der Waals surface area contributed by atoms with E-state index in [2.05, 4.69) is 0 Å². The molecule has 7 heteroatoms. The van der Waals surface area contributed by atoms with Crippen LogP contribution in [0.4, 0.5) is 9.57 Å². The lowest BCUT2D eigenvalue weighted by atomic mass is 10.1. The zero-order valence-electron chi connectivity index (χ0n) is 10.3. The summed E-state index contributed by atoms with van der Waals surface area (Å²) in [6.07, 6.45) is 0.0368. The number of amides is 1. The van der Waals surface area contributed by atoms with Gasteiger partial charge in [0.25, 0.3) is 0 Å². The Morgan fingerprint density at radius 3 is 2.79 bits per heavy atom. The molecule has 1 aromatic carbocycles. The van der Waals surface area contributed by atoms with Gasteiger partial charge in [-0.2, -0.15) is 8.42 Å². The number of carbonyl (C=O) groups is 1. The van der Waals surface area contributed by atoms with Gasteiger partial charge in [-0.3, -0.25) is 4.79 Å². The third-order valence-corrected chi connectivity index (χ3v) is 4.21. The van der Waals surface area contributed by atoms with Gasteiger partial charge in [0.05, 0.1) is 5.75 Å². The molecule has 0 spiro atoms. The summed E-state index contributed by atoms with van der Waals surface area (Å²) in [5.74, 6) is -1.34. The third-order valence-electron chi connectivity index (χ3n) is 3.10. The molecule has 4 nitrogen and oxygen atoms in total. The summed E-state index contributed by atoms with van der Waals surface area (Å²) in [6, 6.07) is 5.15. The Bertz CT molecular complexity index is 617. The molecule has 0 N–H and O–H groups in total. The van der Waals surface area contributed by atoms with Gasteiger partial charge >= 0.3 is 10.2 Å². The van der Waals surface area contributed by atoms with E-state index in [0.717, 1.165) is 5.56 Å². The van der Waals surface area contributed by atoms with Crippen LogP contribution < -0.4 is 4.90 Å². The molecular formula is C12H13ClFNO3S. The number of nitrogens with zero attached hydrogens (tertiary/aromatic N) is 1. The van der Waals surface area contributed by atoms with Crippen molar-refractivity contribution in [1.82, 2.24) is 0 Å². The highest BCUT2D eigenvalue weighted by atomic mass is 35.5. The molecule has 1 fully saturated rings. The highest BCUT2D eigenvalue weighted by Gasteiger charge is 2.34. The van der Waals surface area contributed by atoms with Crippen molar-refractivity contribution in [2.75, 3.05) is 17.2 Å². The summed E-state index contributed by atoms with van der Waals surface area (Å²) >= 11 is 5.89. The number of aryl methyl sites for hydroxylation is 1. The number of hydrogen-bond donors (Lipinski definition) is 0. The molecule has 0 bridgehead atoms. The molecule has 19 heavy (non-hydrogen) atoms. The van der Waals surface area contributed by atoms with Crippen molar-refractivity contribution in [3.05, 3.63) is 28.8 Å². The van der Waals surface area contributed by atoms with Crippen LogP contribution >= 0.6 is 11.6 Å². The fourth-order valence-electron chi connectivity index (χ4n) is 2.28. The van der Waals surface area contributed by atoms with Crippen LogP contribution in [-0.4, -0.2) is 26.6 Å². The Morgan fingerprint density at radius 1 is 1.47 bits per heavy atom. The first kappa shape index (κ1) is 14.3. The van der Waals surface area contributed by atoms with Crippen molar-refractivity contribution in [3.63, 3.8) is 0 Å². The molecule has 104 valence electrons. The molecule has 0 saturated carbocycles. The second kappa shape index (κ2) is 5.09. The van der Waals surface area contributed by atoms with Crippen LogP contribution in [0.25, 0.3) is 0 Å². The summed E-state index contributed by atoms with van der Waals surface area (Å²) in [5.41, 5.74) is 1.51. The first-order valence-corrected chi connectivity index (χ1v) is 7.68. The minimum absolute atomic E-state index is 0.0368. The maximum atomic E-state index is 12.7. The van der Waals surface area contributed by atoms with E-state index in [4.69, 9.17) is 11.6 Å². The van der Waals surface area contributed by atoms with E-state index in [0.29, 0.717) is 10.7 Å². The molecule has 1 saturated heterocycles. The molecule has 1 aromatic rings. The smallest absolute Gasteiger partial charge is 0.302 e. The lowest BCUT2D eigenvalue weighted by Crippen LogP contribution is -2.26. The Morgan fingerprint density at radius 2 is 2.16 bits per heavy atom. The molecule has 2 rings (SSSR count). The summed E-state index contributed by atoms with van der Waals surface area (Å²) in [5, 5.41) is 0.495. The molecular weight excluding hydrogens is 293 g/mol. The topological polar surface area (TPSA) is 54.5 Å². The Hall–Kier alpha value is -1.14. The van der Waals surface area contributed by atoms with Gasteiger partial charge in [-0.05, 0) is 24.6 Å². The molecule has 1 heterocycles. The minimum atomic E-state index is -4.56. The van der Waals surface area contributed by atoms with Gasteiger partial charge in [-0.1, -0.05) is 17.7 Å². The standard InChI is InChI=1S/C12H13ClFNO3S/c1-8-2-3-10(13)5-11(8)15-6-9(4-12(15)16)7-19(14,17)18/h2-3,5,9H,4,6-7H2,1H3. The normalized spacial score (nSPS) is 20.1. The quantitative estimate of drug-likeness (QED) is 0.805. The lowest BCUT2D eigenvalue weighted by Gasteiger charge is -2.19. The molecule has 0 aliphatic carbocycles. The van der Waals surface area contributed by atoms with E-state index in [1.54, 1.807) is 18.2 Å². The van der Waals surface area contributed by atoms with Crippen molar-refractivity contribution < 1.29 is 17.1 Å². The Balaban J connectivity index is 2.23. The zero-order chi connectivity index (χ0) is 14.2. The number of rotatable bonds is 3. The van der Waals surface area contributed by atoms with Crippen molar-refractivity contribution in [2.24, 2.45) is 5.92 Å². The third kappa shape index (κ3) is 3.45. The lowest BCUT2D eigenvalue weighted by molar-refractivity contribution is -0.117. The van der Waals surface area contributed by atoms with Crippen LogP contribution in [-0.2, 0) is 15.0 Å². The summed E-state index contributed by atoms with van der Waals surface area (Å²) in [4.78, 5) is 13.4. The molecule has 0 radical (unpaired) electrons. The molecule has 1 aliphatic rings. The summed E-state index contributed by atoms with van der Waals surface area (Å²) < 4.78 is 33.9. The first-order chi connectivity index (χ1) is 8.76. The van der Waals surface area contributed by atoms with Gasteiger partial charge in [-0.15, -0.1) is 3.89 Å². The molecule has 1 aliphatic heterocycles. The van der Waals surface area contributed by atoms with Gasteiger partial charge in [0.2, 0.25) is 5.91 Å². The first-order valence-electron chi connectivity index (χ1n) is 5.75. The van der Waals surface area contributed by atoms with Gasteiger partial charge in [0.15, 0.2) is 0 Å². The maximum absolute atomic E-state index is 12.7. The Labute approximate surface area is 116 Å². The number of anilines is 1. The summed E-state index contributed by atoms with van der Waals surface area (Å²) in [7, 11) is -4.56. The molecule has 1 atom stereocenters. The monoisotopic (exact) mass is 305 g/mol. The number of benzene rings is 1. The Kier molecular flexibility index (Phi) is 3.82. The van der Waals surface area contributed by atoms with Crippen LogP contribution in [0, 0.1) is 12.8 Å². The average Bonchev–Trinajstić information content (AvgIpc) is 2.60. The average molecular weight is 306 g/mol. The second-order valence-corrected chi connectivity index (χ2v) is 6.56. The summed E-state index contributed by atoms with van der Waals surface area (Å²) in [6.45, 7) is 2.03. The van der Waals surface area contributed by atoms with Crippen LogP contribution in [0.5, 0.6) is 0 Å². The van der Waals surface area contributed by atoms with Gasteiger partial charge in [0, 0.05) is 29.6 Å². The molecule has 1 amide bonds. The van der Waals surface area contributed by atoms with Gasteiger partial charge < -0.3 is 4.90 Å². The predicted molar refractivity (Wildman–Crippen MR) is 71.5 cm³/mol. The van der Waals surface area contributed by atoms with Crippen LogP contribution in [0.3, 0.4) is 0 Å². The van der Waals surface area contributed by atoms with Gasteiger partial charge in [0.1, 0.15) is 0 Å². The number of hydrogen-bond acceptors (Lipinski definition) is 3. The van der Waals surface area contributed by atoms with Crippen molar-refractivity contribution in [1.29, 1.82) is 0 Å². The SMILES string of the molecule is Cc1ccc(Cl)cc1N1CC(CS(=O)(=O)F)CC1=O. The van der Waals surface area contributed by atoms with E-state index < -0.39 is 21.9 Å². The largest absolute Gasteiger partial charge is 0.312 e. The predicted octanol–water partition coefficient (Wildman–Crippen LogP) is 2.30. The fourth-order valence-corrected chi connectivity index (χ4v) is 3.23. The van der Waals surface area contributed by atoms with Gasteiger partial charge in [-0.25, -0.2) is 0 Å².